The lowest BCUT2D eigenvalue weighted by Gasteiger charge is -2.11. The highest BCUT2D eigenvalue weighted by molar-refractivity contribution is 5.61. The van der Waals surface area contributed by atoms with Crippen molar-refractivity contribution in [2.75, 3.05) is 0 Å². The summed E-state index contributed by atoms with van der Waals surface area (Å²) >= 11 is 0. The molecule has 0 amide bonds. The first-order chi connectivity index (χ1) is 8.38. The van der Waals surface area contributed by atoms with Gasteiger partial charge < -0.3 is 10.1 Å². The first-order valence-corrected chi connectivity index (χ1v) is 4.85. The number of aromatic hydroxyl groups is 1. The molecule has 4 nitrogen and oxygen atoms in total. The lowest BCUT2D eigenvalue weighted by Crippen LogP contribution is -2.11. The molecule has 0 radical (unpaired) electrons. The average molecular weight is 256 g/mol. The molecule has 1 aromatic heterocycles. The molecule has 0 atom stereocenters. The van der Waals surface area contributed by atoms with Gasteiger partial charge >= 0.3 is 6.18 Å². The quantitative estimate of drug-likeness (QED) is 0.821. The Labute approximate surface area is 98.7 Å². The van der Waals surface area contributed by atoms with Crippen LogP contribution in [0.25, 0.3) is 11.4 Å². The monoisotopic (exact) mass is 256 g/mol. The van der Waals surface area contributed by atoms with Crippen molar-refractivity contribution in [2.24, 2.45) is 0 Å². The minimum atomic E-state index is -4.57. The van der Waals surface area contributed by atoms with Crippen LogP contribution in [0.5, 0.6) is 5.88 Å². The smallest absolute Gasteiger partial charge is 0.417 e. The molecule has 1 aromatic carbocycles. The van der Waals surface area contributed by atoms with Gasteiger partial charge in [-0.2, -0.15) is 18.2 Å². The van der Waals surface area contributed by atoms with Gasteiger partial charge in [0, 0.05) is 5.56 Å². The molecule has 0 saturated carbocycles. The lowest BCUT2D eigenvalue weighted by atomic mass is 10.1. The average Bonchev–Trinajstić information content (AvgIpc) is 2.26. The van der Waals surface area contributed by atoms with Gasteiger partial charge in [0.1, 0.15) is 5.82 Å². The summed E-state index contributed by atoms with van der Waals surface area (Å²) in [6, 6.07) is 5.43. The largest absolute Gasteiger partial charge is 0.493 e. The fourth-order valence-electron chi connectivity index (χ4n) is 1.51. The number of hydrogen-bond donors (Lipinski definition) is 2. The van der Waals surface area contributed by atoms with Crippen LogP contribution in [0, 0.1) is 0 Å². The minimum absolute atomic E-state index is 0.294. The van der Waals surface area contributed by atoms with Crippen LogP contribution in [0.3, 0.4) is 0 Å². The second-order valence-corrected chi connectivity index (χ2v) is 3.50. The fraction of sp³-hybridized carbons (Fsp3) is 0.0909. The summed E-state index contributed by atoms with van der Waals surface area (Å²) in [5.74, 6) is -0.960. The zero-order chi connectivity index (χ0) is 13.3. The summed E-state index contributed by atoms with van der Waals surface area (Å²) in [4.78, 5) is 16.7. The highest BCUT2D eigenvalue weighted by Crippen LogP contribution is 2.35. The molecular formula is C11H7F3N2O2. The first kappa shape index (κ1) is 12.2. The lowest BCUT2D eigenvalue weighted by molar-refractivity contribution is -0.137. The van der Waals surface area contributed by atoms with E-state index in [2.05, 4.69) is 9.97 Å². The van der Waals surface area contributed by atoms with Crippen molar-refractivity contribution >= 4 is 0 Å². The third-order valence-electron chi connectivity index (χ3n) is 2.22. The summed E-state index contributed by atoms with van der Waals surface area (Å²) in [5, 5.41) is 9.14. The maximum atomic E-state index is 12.8. The molecular weight excluding hydrogens is 249 g/mol. The Morgan fingerprint density at radius 2 is 1.89 bits per heavy atom. The van der Waals surface area contributed by atoms with Crippen LogP contribution in [0.2, 0.25) is 0 Å². The SMILES string of the molecule is O=c1cc(O)nc(-c2ccccc2C(F)(F)F)[nH]1. The number of halogens is 3. The van der Waals surface area contributed by atoms with E-state index in [0.29, 0.717) is 0 Å². The number of aromatic nitrogens is 2. The van der Waals surface area contributed by atoms with E-state index in [1.807, 2.05) is 0 Å². The Kier molecular flexibility index (Phi) is 2.82. The van der Waals surface area contributed by atoms with E-state index in [-0.39, 0.29) is 11.4 Å². The van der Waals surface area contributed by atoms with Crippen molar-refractivity contribution in [3.63, 3.8) is 0 Å². The van der Waals surface area contributed by atoms with Gasteiger partial charge in [-0.05, 0) is 6.07 Å². The number of alkyl halides is 3. The Morgan fingerprint density at radius 3 is 2.50 bits per heavy atom. The molecule has 0 spiro atoms. The van der Waals surface area contributed by atoms with E-state index in [9.17, 15) is 18.0 Å². The maximum absolute atomic E-state index is 12.8. The predicted molar refractivity (Wildman–Crippen MR) is 57.0 cm³/mol. The molecule has 18 heavy (non-hydrogen) atoms. The van der Waals surface area contributed by atoms with E-state index in [1.54, 1.807) is 0 Å². The Bertz CT molecular complexity index is 635. The molecule has 0 saturated heterocycles. The first-order valence-electron chi connectivity index (χ1n) is 4.85. The van der Waals surface area contributed by atoms with Gasteiger partial charge in [0.2, 0.25) is 5.88 Å². The van der Waals surface area contributed by atoms with Gasteiger partial charge in [-0.1, -0.05) is 18.2 Å². The summed E-state index contributed by atoms with van der Waals surface area (Å²) in [6.45, 7) is 0. The van der Waals surface area contributed by atoms with Crippen LogP contribution in [-0.4, -0.2) is 15.1 Å². The molecule has 1 heterocycles. The van der Waals surface area contributed by atoms with Crippen molar-refractivity contribution in [3.05, 3.63) is 46.2 Å². The molecule has 7 heteroatoms. The molecule has 0 aliphatic carbocycles. The van der Waals surface area contributed by atoms with E-state index in [0.717, 1.165) is 12.1 Å². The molecule has 2 rings (SSSR count). The van der Waals surface area contributed by atoms with E-state index < -0.39 is 23.2 Å². The summed E-state index contributed by atoms with van der Waals surface area (Å²) in [5.41, 5.74) is -1.95. The zero-order valence-corrected chi connectivity index (χ0v) is 8.82. The highest BCUT2D eigenvalue weighted by atomic mass is 19.4. The van der Waals surface area contributed by atoms with E-state index in [4.69, 9.17) is 5.11 Å². The third-order valence-corrected chi connectivity index (χ3v) is 2.22. The fourth-order valence-corrected chi connectivity index (χ4v) is 1.51. The number of H-pyrrole nitrogens is 1. The van der Waals surface area contributed by atoms with Crippen LogP contribution in [0.4, 0.5) is 13.2 Å². The Balaban J connectivity index is 2.68. The van der Waals surface area contributed by atoms with Gasteiger partial charge in [-0.25, -0.2) is 0 Å². The van der Waals surface area contributed by atoms with Crippen molar-refractivity contribution in [3.8, 4) is 17.3 Å². The molecule has 94 valence electrons. The molecule has 0 aliphatic rings. The zero-order valence-electron chi connectivity index (χ0n) is 8.82. The second-order valence-electron chi connectivity index (χ2n) is 3.50. The third kappa shape index (κ3) is 2.34. The molecule has 2 aromatic rings. The van der Waals surface area contributed by atoms with Crippen LogP contribution < -0.4 is 5.56 Å². The van der Waals surface area contributed by atoms with Gasteiger partial charge in [0.25, 0.3) is 5.56 Å². The Hall–Kier alpha value is -2.31. The van der Waals surface area contributed by atoms with Gasteiger partial charge in [0.15, 0.2) is 0 Å². The van der Waals surface area contributed by atoms with Gasteiger partial charge in [-0.3, -0.25) is 4.79 Å². The number of aromatic amines is 1. The molecule has 0 unspecified atom stereocenters. The molecule has 0 bridgehead atoms. The van der Waals surface area contributed by atoms with Crippen molar-refractivity contribution in [1.29, 1.82) is 0 Å². The molecule has 2 N–H and O–H groups in total. The van der Waals surface area contributed by atoms with Crippen molar-refractivity contribution < 1.29 is 18.3 Å². The standard InChI is InChI=1S/C11H7F3N2O2/c12-11(13,14)7-4-2-1-3-6(7)10-15-8(17)5-9(18)16-10/h1-5H,(H2,15,16,17,18). The minimum Gasteiger partial charge on any atom is -0.493 e. The van der Waals surface area contributed by atoms with E-state index in [1.165, 1.54) is 18.2 Å². The summed E-state index contributed by atoms with van der Waals surface area (Å²) in [7, 11) is 0. The Morgan fingerprint density at radius 1 is 1.22 bits per heavy atom. The number of nitrogens with zero attached hydrogens (tertiary/aromatic N) is 1. The van der Waals surface area contributed by atoms with Gasteiger partial charge in [0.05, 0.1) is 11.6 Å². The number of rotatable bonds is 1. The number of nitrogens with one attached hydrogen (secondary N) is 1. The van der Waals surface area contributed by atoms with Crippen LogP contribution in [0.15, 0.2) is 35.1 Å². The van der Waals surface area contributed by atoms with Crippen LogP contribution in [0.1, 0.15) is 5.56 Å². The van der Waals surface area contributed by atoms with Crippen molar-refractivity contribution in [2.45, 2.75) is 6.18 Å². The predicted octanol–water partition coefficient (Wildman–Crippen LogP) is 2.16. The van der Waals surface area contributed by atoms with Crippen LogP contribution >= 0.6 is 0 Å². The summed E-state index contributed by atoms with van der Waals surface area (Å²) < 4.78 is 38.3. The van der Waals surface area contributed by atoms with E-state index >= 15 is 0 Å². The number of hydrogen-bond acceptors (Lipinski definition) is 3. The molecule has 0 aliphatic heterocycles. The topological polar surface area (TPSA) is 66.0 Å². The maximum Gasteiger partial charge on any atom is 0.417 e. The van der Waals surface area contributed by atoms with Crippen molar-refractivity contribution in [1.82, 2.24) is 9.97 Å². The second kappa shape index (κ2) is 4.17. The normalized spacial score (nSPS) is 11.5. The number of benzene rings is 1. The highest BCUT2D eigenvalue weighted by Gasteiger charge is 2.33. The van der Waals surface area contributed by atoms with Gasteiger partial charge in [-0.15, -0.1) is 0 Å². The summed E-state index contributed by atoms with van der Waals surface area (Å²) in [6.07, 6.45) is -4.57. The molecule has 0 fully saturated rings. The van der Waals surface area contributed by atoms with Crippen LogP contribution in [-0.2, 0) is 6.18 Å².